The zero-order chi connectivity index (χ0) is 11.1. The highest BCUT2D eigenvalue weighted by atomic mass is 16.3. The van der Waals surface area contributed by atoms with Crippen LogP contribution < -0.4 is 5.32 Å². The number of nitrogens with one attached hydrogen (secondary N) is 1. The van der Waals surface area contributed by atoms with E-state index in [9.17, 15) is 5.11 Å². The van der Waals surface area contributed by atoms with Gasteiger partial charge in [0.15, 0.2) is 0 Å². The summed E-state index contributed by atoms with van der Waals surface area (Å²) in [6.45, 7) is 5.18. The van der Waals surface area contributed by atoms with E-state index in [1.165, 1.54) is 12.8 Å². The first-order valence-corrected chi connectivity index (χ1v) is 5.83. The van der Waals surface area contributed by atoms with Crippen molar-refractivity contribution < 1.29 is 5.11 Å². The standard InChI is InChI=1S/C13H21NO/c1-3-5-6-7-11-10-12(14-4-2)8-9-13(11)15/h8-10,14-15H,3-7H2,1-2H3. The van der Waals surface area contributed by atoms with Crippen molar-refractivity contribution in [2.45, 2.75) is 39.5 Å². The quantitative estimate of drug-likeness (QED) is 0.552. The second-order valence-corrected chi connectivity index (χ2v) is 3.83. The summed E-state index contributed by atoms with van der Waals surface area (Å²) in [4.78, 5) is 0. The van der Waals surface area contributed by atoms with Crippen molar-refractivity contribution in [3.63, 3.8) is 0 Å². The number of anilines is 1. The predicted molar refractivity (Wildman–Crippen MR) is 65.5 cm³/mol. The van der Waals surface area contributed by atoms with Crippen LogP contribution in [0.1, 0.15) is 38.7 Å². The van der Waals surface area contributed by atoms with Gasteiger partial charge in [-0.15, -0.1) is 0 Å². The molecule has 0 aliphatic heterocycles. The van der Waals surface area contributed by atoms with E-state index in [0.29, 0.717) is 5.75 Å². The molecule has 0 fully saturated rings. The van der Waals surface area contributed by atoms with Gasteiger partial charge in [0.05, 0.1) is 0 Å². The maximum Gasteiger partial charge on any atom is 0.118 e. The Hall–Kier alpha value is -1.18. The van der Waals surface area contributed by atoms with E-state index in [2.05, 4.69) is 25.2 Å². The van der Waals surface area contributed by atoms with Gasteiger partial charge in [0, 0.05) is 12.2 Å². The first kappa shape index (κ1) is 11.9. The van der Waals surface area contributed by atoms with Crippen molar-refractivity contribution in [2.75, 3.05) is 11.9 Å². The molecule has 1 aromatic carbocycles. The molecule has 0 saturated carbocycles. The first-order valence-electron chi connectivity index (χ1n) is 5.83. The summed E-state index contributed by atoms with van der Waals surface area (Å²) in [5.41, 5.74) is 2.16. The van der Waals surface area contributed by atoms with E-state index in [1.54, 1.807) is 6.07 Å². The Kier molecular flexibility index (Phi) is 5.02. The topological polar surface area (TPSA) is 32.3 Å². The lowest BCUT2D eigenvalue weighted by molar-refractivity contribution is 0.466. The number of phenolic OH excluding ortho intramolecular Hbond substituents is 1. The van der Waals surface area contributed by atoms with Gasteiger partial charge in [0.25, 0.3) is 0 Å². The van der Waals surface area contributed by atoms with E-state index >= 15 is 0 Å². The molecule has 0 amide bonds. The summed E-state index contributed by atoms with van der Waals surface area (Å²) in [7, 11) is 0. The molecule has 0 aromatic heterocycles. The smallest absolute Gasteiger partial charge is 0.118 e. The summed E-state index contributed by atoms with van der Waals surface area (Å²) >= 11 is 0. The fraction of sp³-hybridized carbons (Fsp3) is 0.538. The lowest BCUT2D eigenvalue weighted by atomic mass is 10.1. The zero-order valence-electron chi connectivity index (χ0n) is 9.71. The molecule has 84 valence electrons. The Morgan fingerprint density at radius 3 is 2.67 bits per heavy atom. The summed E-state index contributed by atoms with van der Waals surface area (Å²) in [6, 6.07) is 5.75. The summed E-state index contributed by atoms with van der Waals surface area (Å²) < 4.78 is 0. The molecule has 0 aliphatic carbocycles. The monoisotopic (exact) mass is 207 g/mol. The summed E-state index contributed by atoms with van der Waals surface area (Å²) in [6.07, 6.45) is 4.57. The van der Waals surface area contributed by atoms with Gasteiger partial charge in [-0.25, -0.2) is 0 Å². The lowest BCUT2D eigenvalue weighted by Gasteiger charge is -2.08. The van der Waals surface area contributed by atoms with Gasteiger partial charge < -0.3 is 10.4 Å². The normalized spacial score (nSPS) is 10.3. The second kappa shape index (κ2) is 6.33. The molecule has 0 unspecified atom stereocenters. The Bertz CT molecular complexity index is 297. The van der Waals surface area contributed by atoms with Crippen LogP contribution in [-0.4, -0.2) is 11.7 Å². The van der Waals surface area contributed by atoms with E-state index in [1.807, 2.05) is 6.07 Å². The number of phenols is 1. The highest BCUT2D eigenvalue weighted by molar-refractivity contribution is 5.50. The Balaban J connectivity index is 2.63. The molecule has 0 bridgehead atoms. The van der Waals surface area contributed by atoms with Crippen LogP contribution in [0.4, 0.5) is 5.69 Å². The van der Waals surface area contributed by atoms with Crippen LogP contribution >= 0.6 is 0 Å². The molecule has 0 spiro atoms. The second-order valence-electron chi connectivity index (χ2n) is 3.83. The van der Waals surface area contributed by atoms with Gasteiger partial charge in [-0.2, -0.15) is 0 Å². The summed E-state index contributed by atoms with van der Waals surface area (Å²) in [5.74, 6) is 0.424. The van der Waals surface area contributed by atoms with Gasteiger partial charge in [0.1, 0.15) is 5.75 Å². The van der Waals surface area contributed by atoms with Gasteiger partial charge in [-0.1, -0.05) is 19.8 Å². The van der Waals surface area contributed by atoms with Crippen LogP contribution in [0.25, 0.3) is 0 Å². The van der Waals surface area contributed by atoms with Crippen LogP contribution in [0.5, 0.6) is 5.75 Å². The number of rotatable bonds is 6. The SMILES string of the molecule is CCCCCc1cc(NCC)ccc1O. The third-order valence-corrected chi connectivity index (χ3v) is 2.51. The molecule has 0 radical (unpaired) electrons. The molecule has 0 aliphatic rings. The van der Waals surface area contributed by atoms with Crippen molar-refractivity contribution >= 4 is 5.69 Å². The number of aromatic hydroxyl groups is 1. The number of aryl methyl sites for hydroxylation is 1. The molecule has 2 N–H and O–H groups in total. The van der Waals surface area contributed by atoms with Crippen molar-refractivity contribution in [1.29, 1.82) is 0 Å². The molecule has 15 heavy (non-hydrogen) atoms. The third-order valence-electron chi connectivity index (χ3n) is 2.51. The van der Waals surface area contributed by atoms with Gasteiger partial charge in [-0.05, 0) is 43.5 Å². The third kappa shape index (κ3) is 3.82. The van der Waals surface area contributed by atoms with Crippen molar-refractivity contribution in [1.82, 2.24) is 0 Å². The van der Waals surface area contributed by atoms with Crippen molar-refractivity contribution in [2.24, 2.45) is 0 Å². The Morgan fingerprint density at radius 1 is 1.20 bits per heavy atom. The number of unbranched alkanes of at least 4 members (excludes halogenated alkanes) is 2. The zero-order valence-corrected chi connectivity index (χ0v) is 9.71. The number of hydrogen-bond acceptors (Lipinski definition) is 2. The highest BCUT2D eigenvalue weighted by Crippen LogP contribution is 2.23. The maximum atomic E-state index is 9.67. The minimum atomic E-state index is 0.424. The van der Waals surface area contributed by atoms with E-state index in [-0.39, 0.29) is 0 Å². The van der Waals surface area contributed by atoms with Crippen molar-refractivity contribution in [3.05, 3.63) is 23.8 Å². The van der Waals surface area contributed by atoms with E-state index in [0.717, 1.165) is 30.6 Å². The molecule has 2 heteroatoms. The van der Waals surface area contributed by atoms with Crippen LogP contribution in [-0.2, 0) is 6.42 Å². The average molecular weight is 207 g/mol. The van der Waals surface area contributed by atoms with Crippen LogP contribution in [0.2, 0.25) is 0 Å². The minimum Gasteiger partial charge on any atom is -0.508 e. The van der Waals surface area contributed by atoms with Crippen molar-refractivity contribution in [3.8, 4) is 5.75 Å². The van der Waals surface area contributed by atoms with Gasteiger partial charge >= 0.3 is 0 Å². The average Bonchev–Trinajstić information content (AvgIpc) is 2.23. The molecule has 0 atom stereocenters. The molecule has 0 saturated heterocycles. The fourth-order valence-electron chi connectivity index (χ4n) is 1.67. The predicted octanol–water partition coefficient (Wildman–Crippen LogP) is 3.56. The number of benzene rings is 1. The van der Waals surface area contributed by atoms with E-state index in [4.69, 9.17) is 0 Å². The van der Waals surface area contributed by atoms with Crippen LogP contribution in [0, 0.1) is 0 Å². The van der Waals surface area contributed by atoms with E-state index < -0.39 is 0 Å². The Morgan fingerprint density at radius 2 is 2.00 bits per heavy atom. The molecule has 2 nitrogen and oxygen atoms in total. The number of hydrogen-bond donors (Lipinski definition) is 2. The molecule has 1 rings (SSSR count). The first-order chi connectivity index (χ1) is 7.27. The molecule has 1 aromatic rings. The van der Waals surface area contributed by atoms with Gasteiger partial charge in [-0.3, -0.25) is 0 Å². The van der Waals surface area contributed by atoms with Gasteiger partial charge in [0.2, 0.25) is 0 Å². The minimum absolute atomic E-state index is 0.424. The molecular weight excluding hydrogens is 186 g/mol. The Labute approximate surface area is 92.3 Å². The van der Waals surface area contributed by atoms with Crippen LogP contribution in [0.3, 0.4) is 0 Å². The lowest BCUT2D eigenvalue weighted by Crippen LogP contribution is -1.97. The molecular formula is C13H21NO. The highest BCUT2D eigenvalue weighted by Gasteiger charge is 2.01. The maximum absolute atomic E-state index is 9.67. The largest absolute Gasteiger partial charge is 0.508 e. The summed E-state index contributed by atoms with van der Waals surface area (Å²) in [5, 5.41) is 12.9. The molecule has 0 heterocycles. The van der Waals surface area contributed by atoms with Crippen LogP contribution in [0.15, 0.2) is 18.2 Å². The fourth-order valence-corrected chi connectivity index (χ4v) is 1.67.